The molecule has 1 aliphatic rings. The zero-order chi connectivity index (χ0) is 38.6. The van der Waals surface area contributed by atoms with Crippen molar-refractivity contribution >= 4 is 65.2 Å². The van der Waals surface area contributed by atoms with Gasteiger partial charge in [0.2, 0.25) is 0 Å². The van der Waals surface area contributed by atoms with Crippen LogP contribution in [0.2, 0.25) is 0 Å². The van der Waals surface area contributed by atoms with E-state index < -0.39 is 0 Å². The van der Waals surface area contributed by atoms with Gasteiger partial charge in [-0.05, 0) is 87.1 Å². The van der Waals surface area contributed by atoms with Crippen LogP contribution in [0.3, 0.4) is 0 Å². The molecule has 0 bridgehead atoms. The molecule has 3 heteroatoms. The van der Waals surface area contributed by atoms with E-state index in [-0.39, 0.29) is 0 Å². The SMILES string of the molecule is c1ccc(-c2ccc3c(c2)c2cc(-c4ccccc4)ccc2n3-c2ccc3c(c2)Oc2cc4c(c5cccc-3c25)c2ccccc2n4-c2cccc3ccccc23)cc1. The third-order valence-corrected chi connectivity index (χ3v) is 12.5. The second kappa shape index (κ2) is 12.3. The lowest BCUT2D eigenvalue weighted by molar-refractivity contribution is 0.487. The lowest BCUT2D eigenvalue weighted by Gasteiger charge is -2.23. The average molecular weight is 751 g/mol. The van der Waals surface area contributed by atoms with E-state index in [1.807, 2.05) is 0 Å². The van der Waals surface area contributed by atoms with E-state index in [0.29, 0.717) is 0 Å². The van der Waals surface area contributed by atoms with Crippen molar-refractivity contribution in [3.05, 3.63) is 206 Å². The molecule has 0 saturated heterocycles. The monoisotopic (exact) mass is 750 g/mol. The quantitative estimate of drug-likeness (QED) is 0.175. The molecule has 12 aromatic rings. The third-order valence-electron chi connectivity index (χ3n) is 12.5. The summed E-state index contributed by atoms with van der Waals surface area (Å²) in [6, 6.07) is 74.8. The summed E-state index contributed by atoms with van der Waals surface area (Å²) >= 11 is 0. The zero-order valence-electron chi connectivity index (χ0n) is 31.9. The van der Waals surface area contributed by atoms with Crippen LogP contribution in [0.25, 0.3) is 110 Å². The van der Waals surface area contributed by atoms with Crippen LogP contribution in [-0.4, -0.2) is 9.13 Å². The van der Waals surface area contributed by atoms with Gasteiger partial charge in [-0.1, -0.05) is 146 Å². The minimum atomic E-state index is 0.853. The fourth-order valence-electron chi connectivity index (χ4n) is 9.87. The highest BCUT2D eigenvalue weighted by atomic mass is 16.5. The molecule has 0 spiro atoms. The van der Waals surface area contributed by atoms with Gasteiger partial charge in [0.1, 0.15) is 11.5 Å². The van der Waals surface area contributed by atoms with Gasteiger partial charge in [0, 0.05) is 55.7 Å². The van der Waals surface area contributed by atoms with Gasteiger partial charge in [0.25, 0.3) is 0 Å². The normalized spacial score (nSPS) is 12.2. The smallest absolute Gasteiger partial charge is 0.138 e. The fourth-order valence-corrected chi connectivity index (χ4v) is 9.87. The summed E-state index contributed by atoms with van der Waals surface area (Å²) in [5.41, 5.74) is 14.0. The first-order chi connectivity index (χ1) is 29.3. The number of nitrogens with zero attached hydrogens (tertiary/aromatic N) is 2. The molecular formula is C56H34N2O. The first-order valence-electron chi connectivity index (χ1n) is 20.3. The number of para-hydroxylation sites is 1. The van der Waals surface area contributed by atoms with Crippen LogP contribution in [0.15, 0.2) is 206 Å². The Labute approximate surface area is 340 Å². The van der Waals surface area contributed by atoms with Gasteiger partial charge in [-0.15, -0.1) is 0 Å². The van der Waals surface area contributed by atoms with Crippen molar-refractivity contribution in [3.8, 4) is 56.3 Å². The first kappa shape index (κ1) is 32.2. The molecule has 59 heavy (non-hydrogen) atoms. The van der Waals surface area contributed by atoms with Crippen LogP contribution in [-0.2, 0) is 0 Å². The predicted octanol–water partition coefficient (Wildman–Crippen LogP) is 15.3. The van der Waals surface area contributed by atoms with Crippen LogP contribution < -0.4 is 4.74 Å². The molecule has 0 N–H and O–H groups in total. The molecule has 10 aromatic carbocycles. The lowest BCUT2D eigenvalue weighted by atomic mass is 9.92. The number of aromatic nitrogens is 2. The summed E-state index contributed by atoms with van der Waals surface area (Å²) in [4.78, 5) is 0. The van der Waals surface area contributed by atoms with Crippen LogP contribution in [0, 0.1) is 0 Å². The Morgan fingerprint density at radius 1 is 0.305 bits per heavy atom. The summed E-state index contributed by atoms with van der Waals surface area (Å²) in [6.45, 7) is 0. The van der Waals surface area contributed by atoms with Crippen LogP contribution in [0.4, 0.5) is 0 Å². The van der Waals surface area contributed by atoms with E-state index in [0.717, 1.165) is 50.4 Å². The number of hydrogen-bond donors (Lipinski definition) is 0. The van der Waals surface area contributed by atoms with Gasteiger partial charge in [0.15, 0.2) is 0 Å². The maximum absolute atomic E-state index is 7.12. The van der Waals surface area contributed by atoms with Crippen molar-refractivity contribution in [1.29, 1.82) is 0 Å². The van der Waals surface area contributed by atoms with E-state index in [1.54, 1.807) is 0 Å². The number of fused-ring (bicyclic) bond motifs is 10. The van der Waals surface area contributed by atoms with Gasteiger partial charge >= 0.3 is 0 Å². The molecule has 0 fully saturated rings. The van der Waals surface area contributed by atoms with E-state index in [4.69, 9.17) is 4.74 Å². The summed E-state index contributed by atoms with van der Waals surface area (Å²) in [5.74, 6) is 1.73. The van der Waals surface area contributed by atoms with Crippen molar-refractivity contribution in [2.75, 3.05) is 0 Å². The minimum absolute atomic E-state index is 0.853. The molecule has 0 unspecified atom stereocenters. The van der Waals surface area contributed by atoms with Crippen molar-refractivity contribution in [2.24, 2.45) is 0 Å². The first-order valence-corrected chi connectivity index (χ1v) is 20.3. The van der Waals surface area contributed by atoms with Crippen molar-refractivity contribution in [1.82, 2.24) is 9.13 Å². The van der Waals surface area contributed by atoms with E-state index in [9.17, 15) is 0 Å². The molecule has 0 atom stereocenters. The molecule has 274 valence electrons. The second-order valence-electron chi connectivity index (χ2n) is 15.7. The zero-order valence-corrected chi connectivity index (χ0v) is 31.9. The Morgan fingerprint density at radius 3 is 1.66 bits per heavy atom. The second-order valence-corrected chi connectivity index (χ2v) is 15.7. The number of ether oxygens (including phenoxy) is 1. The molecule has 3 heterocycles. The standard InChI is InChI=1S/C56H34N2O/c1-3-13-35(14-4-1)38-25-29-50-46(31-38)47-32-39(36-15-5-2-6-16-36)26-30-51(47)57(50)40-27-28-42-43-21-12-22-45-55-44-20-9-10-23-49(44)58(48-24-11-18-37-17-7-8-19-41(37)48)52(55)34-54(56(43)45)59-53(42)33-40/h1-34H. The number of benzene rings is 10. The molecule has 0 aliphatic carbocycles. The summed E-state index contributed by atoms with van der Waals surface area (Å²) in [5, 5.41) is 9.70. The van der Waals surface area contributed by atoms with Gasteiger partial charge in [-0.2, -0.15) is 0 Å². The van der Waals surface area contributed by atoms with Gasteiger partial charge in [-0.3, -0.25) is 0 Å². The predicted molar refractivity (Wildman–Crippen MR) is 247 cm³/mol. The Hall–Kier alpha value is -7.88. The summed E-state index contributed by atoms with van der Waals surface area (Å²) in [6.07, 6.45) is 0. The van der Waals surface area contributed by atoms with Crippen LogP contribution in [0.5, 0.6) is 11.5 Å². The Bertz CT molecular complexity index is 3580. The van der Waals surface area contributed by atoms with Crippen LogP contribution in [0.1, 0.15) is 0 Å². The van der Waals surface area contributed by atoms with Crippen molar-refractivity contribution in [3.63, 3.8) is 0 Å². The number of hydrogen-bond acceptors (Lipinski definition) is 1. The summed E-state index contributed by atoms with van der Waals surface area (Å²) < 4.78 is 11.9. The highest BCUT2D eigenvalue weighted by molar-refractivity contribution is 6.26. The third kappa shape index (κ3) is 4.70. The van der Waals surface area contributed by atoms with E-state index in [1.165, 1.54) is 71.0 Å². The highest BCUT2D eigenvalue weighted by Crippen LogP contribution is 2.51. The van der Waals surface area contributed by atoms with Crippen molar-refractivity contribution in [2.45, 2.75) is 0 Å². The van der Waals surface area contributed by atoms with Gasteiger partial charge < -0.3 is 13.9 Å². The lowest BCUT2D eigenvalue weighted by Crippen LogP contribution is -2.01. The molecule has 0 radical (unpaired) electrons. The van der Waals surface area contributed by atoms with E-state index in [2.05, 4.69) is 215 Å². The molecular weight excluding hydrogens is 717 g/mol. The maximum atomic E-state index is 7.12. The highest BCUT2D eigenvalue weighted by Gasteiger charge is 2.26. The molecule has 3 nitrogen and oxygen atoms in total. The Kier molecular flexibility index (Phi) is 6.72. The molecule has 0 saturated carbocycles. The van der Waals surface area contributed by atoms with Crippen molar-refractivity contribution < 1.29 is 4.74 Å². The Morgan fingerprint density at radius 2 is 0.915 bits per heavy atom. The largest absolute Gasteiger partial charge is 0.456 e. The molecule has 1 aliphatic heterocycles. The maximum Gasteiger partial charge on any atom is 0.138 e. The van der Waals surface area contributed by atoms with Crippen LogP contribution >= 0.6 is 0 Å². The molecule has 13 rings (SSSR count). The molecule has 0 amide bonds. The minimum Gasteiger partial charge on any atom is -0.456 e. The topological polar surface area (TPSA) is 19.1 Å². The Balaban J connectivity index is 1.03. The average Bonchev–Trinajstić information content (AvgIpc) is 3.81. The fraction of sp³-hybridized carbons (Fsp3) is 0. The molecule has 2 aromatic heterocycles. The number of rotatable bonds is 4. The summed E-state index contributed by atoms with van der Waals surface area (Å²) in [7, 11) is 0. The van der Waals surface area contributed by atoms with E-state index >= 15 is 0 Å². The van der Waals surface area contributed by atoms with Gasteiger partial charge in [0.05, 0.1) is 27.8 Å². The van der Waals surface area contributed by atoms with Gasteiger partial charge in [-0.25, -0.2) is 0 Å².